The molecule has 24 heavy (non-hydrogen) atoms. The molecule has 1 aliphatic heterocycles. The number of hydrogen-bond donors (Lipinski definition) is 2. The summed E-state index contributed by atoms with van der Waals surface area (Å²) < 4.78 is 5.36. The first-order valence-corrected chi connectivity index (χ1v) is 8.05. The number of hydrogen-bond acceptors (Lipinski definition) is 4. The van der Waals surface area contributed by atoms with Crippen molar-refractivity contribution in [1.82, 2.24) is 10.6 Å². The summed E-state index contributed by atoms with van der Waals surface area (Å²) in [5.74, 6) is 0.207. The van der Waals surface area contributed by atoms with E-state index in [2.05, 4.69) is 10.6 Å². The van der Waals surface area contributed by atoms with Crippen LogP contribution in [0.2, 0.25) is 0 Å². The van der Waals surface area contributed by atoms with Gasteiger partial charge in [-0.2, -0.15) is 0 Å². The van der Waals surface area contributed by atoms with Crippen molar-refractivity contribution < 1.29 is 19.1 Å². The summed E-state index contributed by atoms with van der Waals surface area (Å²) in [5, 5.41) is 5.46. The highest BCUT2D eigenvalue weighted by molar-refractivity contribution is 5.98. The van der Waals surface area contributed by atoms with Gasteiger partial charge in [0.1, 0.15) is 5.75 Å². The minimum absolute atomic E-state index is 0.0140. The number of nitrogens with one attached hydrogen (secondary N) is 2. The first kappa shape index (κ1) is 17.8. The van der Waals surface area contributed by atoms with Crippen molar-refractivity contribution in [2.24, 2.45) is 5.92 Å². The molecule has 1 heterocycles. The van der Waals surface area contributed by atoms with Crippen LogP contribution in [0.3, 0.4) is 0 Å². The molecule has 0 bridgehead atoms. The van der Waals surface area contributed by atoms with Crippen LogP contribution in [0, 0.1) is 5.92 Å². The zero-order valence-corrected chi connectivity index (χ0v) is 14.0. The maximum Gasteiger partial charge on any atom is 0.265 e. The van der Waals surface area contributed by atoms with Gasteiger partial charge in [0.25, 0.3) is 5.91 Å². The van der Waals surface area contributed by atoms with Crippen molar-refractivity contribution in [3.63, 3.8) is 0 Å². The molecule has 130 valence electrons. The second-order valence-corrected chi connectivity index (χ2v) is 5.85. The van der Waals surface area contributed by atoms with Crippen LogP contribution < -0.4 is 20.3 Å². The minimum Gasteiger partial charge on any atom is -0.482 e. The normalized spacial score (nSPS) is 13.3. The van der Waals surface area contributed by atoms with Crippen LogP contribution in [-0.4, -0.2) is 44.0 Å². The number of amides is 3. The SMILES string of the molecule is CC(C)C(=O)NCCNC(=O)CCN1C(=O)COc2ccccc21. The monoisotopic (exact) mass is 333 g/mol. The van der Waals surface area contributed by atoms with E-state index < -0.39 is 0 Å². The first-order valence-electron chi connectivity index (χ1n) is 8.05. The summed E-state index contributed by atoms with van der Waals surface area (Å²) in [5.41, 5.74) is 0.686. The van der Waals surface area contributed by atoms with Crippen LogP contribution in [-0.2, 0) is 14.4 Å². The Balaban J connectivity index is 1.76. The molecule has 0 unspecified atom stereocenters. The molecule has 7 nitrogen and oxygen atoms in total. The molecule has 2 rings (SSSR count). The third-order valence-corrected chi connectivity index (χ3v) is 3.64. The Morgan fingerprint density at radius 1 is 1.21 bits per heavy atom. The molecule has 3 amide bonds. The fraction of sp³-hybridized carbons (Fsp3) is 0.471. The number of nitrogens with zero attached hydrogens (tertiary/aromatic N) is 1. The van der Waals surface area contributed by atoms with Crippen molar-refractivity contribution in [3.8, 4) is 5.75 Å². The molecule has 0 fully saturated rings. The molecule has 1 aromatic carbocycles. The van der Waals surface area contributed by atoms with E-state index in [0.29, 0.717) is 31.1 Å². The lowest BCUT2D eigenvalue weighted by Gasteiger charge is -2.29. The van der Waals surface area contributed by atoms with E-state index >= 15 is 0 Å². The average Bonchev–Trinajstić information content (AvgIpc) is 2.57. The van der Waals surface area contributed by atoms with Gasteiger partial charge < -0.3 is 20.3 Å². The molecular formula is C17H23N3O4. The van der Waals surface area contributed by atoms with Gasteiger partial charge in [0.2, 0.25) is 11.8 Å². The highest BCUT2D eigenvalue weighted by atomic mass is 16.5. The Kier molecular flexibility index (Phi) is 6.17. The number of carbonyl (C=O) groups excluding carboxylic acids is 3. The van der Waals surface area contributed by atoms with Gasteiger partial charge in [0.15, 0.2) is 6.61 Å². The largest absolute Gasteiger partial charge is 0.482 e. The molecule has 7 heteroatoms. The predicted molar refractivity (Wildman–Crippen MR) is 89.8 cm³/mol. The molecule has 1 aromatic rings. The first-order chi connectivity index (χ1) is 11.5. The highest BCUT2D eigenvalue weighted by Gasteiger charge is 2.25. The van der Waals surface area contributed by atoms with E-state index in [4.69, 9.17) is 4.74 Å². The summed E-state index contributed by atoms with van der Waals surface area (Å²) in [7, 11) is 0. The fourth-order valence-corrected chi connectivity index (χ4v) is 2.29. The van der Waals surface area contributed by atoms with Crippen molar-refractivity contribution in [2.45, 2.75) is 20.3 Å². The lowest BCUT2D eigenvalue weighted by Crippen LogP contribution is -2.42. The van der Waals surface area contributed by atoms with Crippen LogP contribution in [0.25, 0.3) is 0 Å². The second kappa shape index (κ2) is 8.33. The number of anilines is 1. The number of fused-ring (bicyclic) bond motifs is 1. The molecule has 0 saturated carbocycles. The van der Waals surface area contributed by atoms with Crippen LogP contribution in [0.4, 0.5) is 5.69 Å². The number of para-hydroxylation sites is 2. The average molecular weight is 333 g/mol. The lowest BCUT2D eigenvalue weighted by molar-refractivity contribution is -0.125. The lowest BCUT2D eigenvalue weighted by atomic mass is 10.2. The van der Waals surface area contributed by atoms with Gasteiger partial charge in [0, 0.05) is 32.0 Å². The third kappa shape index (κ3) is 4.71. The standard InChI is InChI=1S/C17H23N3O4/c1-12(2)17(23)19-9-8-18-15(21)7-10-20-13-5-3-4-6-14(13)24-11-16(20)22/h3-6,12H,7-11H2,1-2H3,(H,18,21)(H,19,23). The van der Waals surface area contributed by atoms with Gasteiger partial charge in [-0.25, -0.2) is 0 Å². The van der Waals surface area contributed by atoms with Crippen molar-refractivity contribution >= 4 is 23.4 Å². The summed E-state index contributed by atoms with van der Waals surface area (Å²) in [6, 6.07) is 7.26. The molecule has 0 aliphatic carbocycles. The summed E-state index contributed by atoms with van der Waals surface area (Å²) in [6.07, 6.45) is 0.193. The Morgan fingerprint density at radius 2 is 1.92 bits per heavy atom. The Labute approximate surface area is 141 Å². The van der Waals surface area contributed by atoms with Crippen LogP contribution in [0.5, 0.6) is 5.75 Å². The molecule has 0 radical (unpaired) electrons. The third-order valence-electron chi connectivity index (χ3n) is 3.64. The Morgan fingerprint density at radius 3 is 2.67 bits per heavy atom. The van der Waals surface area contributed by atoms with E-state index in [9.17, 15) is 14.4 Å². The summed E-state index contributed by atoms with van der Waals surface area (Å²) >= 11 is 0. The zero-order valence-electron chi connectivity index (χ0n) is 14.0. The second-order valence-electron chi connectivity index (χ2n) is 5.85. The van der Waals surface area contributed by atoms with Crippen molar-refractivity contribution in [3.05, 3.63) is 24.3 Å². The maximum absolute atomic E-state index is 12.0. The van der Waals surface area contributed by atoms with Gasteiger partial charge in [-0.05, 0) is 12.1 Å². The predicted octanol–water partition coefficient (Wildman–Crippen LogP) is 0.691. The summed E-state index contributed by atoms with van der Waals surface area (Å²) in [4.78, 5) is 36.8. The smallest absolute Gasteiger partial charge is 0.265 e. The van der Waals surface area contributed by atoms with E-state index in [1.807, 2.05) is 26.0 Å². The molecule has 0 saturated heterocycles. The van der Waals surface area contributed by atoms with Gasteiger partial charge >= 0.3 is 0 Å². The van der Waals surface area contributed by atoms with Crippen molar-refractivity contribution in [2.75, 3.05) is 31.1 Å². The van der Waals surface area contributed by atoms with E-state index in [1.165, 1.54) is 0 Å². The minimum atomic E-state index is -0.162. The summed E-state index contributed by atoms with van der Waals surface area (Å²) in [6.45, 7) is 4.66. The number of benzene rings is 1. The molecule has 0 atom stereocenters. The maximum atomic E-state index is 12.0. The highest BCUT2D eigenvalue weighted by Crippen LogP contribution is 2.31. The zero-order chi connectivity index (χ0) is 17.5. The number of rotatable bonds is 7. The number of ether oxygens (including phenoxy) is 1. The molecular weight excluding hydrogens is 310 g/mol. The molecule has 1 aliphatic rings. The van der Waals surface area contributed by atoms with E-state index in [1.54, 1.807) is 17.0 Å². The van der Waals surface area contributed by atoms with E-state index in [-0.39, 0.29) is 36.7 Å². The van der Waals surface area contributed by atoms with Gasteiger partial charge in [-0.1, -0.05) is 26.0 Å². The Hall–Kier alpha value is -2.57. The van der Waals surface area contributed by atoms with Gasteiger partial charge in [-0.15, -0.1) is 0 Å². The van der Waals surface area contributed by atoms with Crippen LogP contribution in [0.1, 0.15) is 20.3 Å². The molecule has 2 N–H and O–H groups in total. The van der Waals surface area contributed by atoms with E-state index in [0.717, 1.165) is 0 Å². The van der Waals surface area contributed by atoms with Crippen molar-refractivity contribution in [1.29, 1.82) is 0 Å². The number of carbonyl (C=O) groups is 3. The van der Waals surface area contributed by atoms with Crippen LogP contribution >= 0.6 is 0 Å². The van der Waals surface area contributed by atoms with Gasteiger partial charge in [-0.3, -0.25) is 14.4 Å². The molecule has 0 aromatic heterocycles. The molecule has 0 spiro atoms. The van der Waals surface area contributed by atoms with Crippen LogP contribution in [0.15, 0.2) is 24.3 Å². The van der Waals surface area contributed by atoms with Gasteiger partial charge in [0.05, 0.1) is 5.69 Å². The quantitative estimate of drug-likeness (QED) is 0.719. The topological polar surface area (TPSA) is 87.7 Å². The Bertz CT molecular complexity index is 616. The fourth-order valence-electron chi connectivity index (χ4n) is 2.29.